The van der Waals surface area contributed by atoms with Crippen LogP contribution >= 0.6 is 23.2 Å². The van der Waals surface area contributed by atoms with Gasteiger partial charge < -0.3 is 16.0 Å². The topological polar surface area (TPSA) is 75.4 Å². The Morgan fingerprint density at radius 1 is 1.00 bits per heavy atom. The minimum absolute atomic E-state index is 0.272. The molecule has 26 heavy (non-hydrogen) atoms. The molecule has 0 aliphatic carbocycles. The zero-order valence-corrected chi connectivity index (χ0v) is 15.6. The summed E-state index contributed by atoms with van der Waals surface area (Å²) in [6.45, 7) is 1.80. The molecule has 2 amide bonds. The summed E-state index contributed by atoms with van der Waals surface area (Å²) < 4.78 is 0. The van der Waals surface area contributed by atoms with Crippen LogP contribution in [0.25, 0.3) is 0 Å². The first kappa shape index (κ1) is 18.5. The molecule has 1 heterocycles. The second kappa shape index (κ2) is 7.98. The molecule has 0 unspecified atom stereocenters. The number of nitrogens with one attached hydrogen (secondary N) is 1. The number of carbonyl (C=O) groups is 2. The highest BCUT2D eigenvalue weighted by molar-refractivity contribution is 6.36. The van der Waals surface area contributed by atoms with Gasteiger partial charge in [0.05, 0.1) is 22.0 Å². The molecule has 0 spiro atoms. The molecule has 0 aromatic heterocycles. The number of anilines is 2. The molecule has 0 radical (unpaired) electrons. The fraction of sp³-hybridized carbons (Fsp3) is 0.263. The monoisotopic (exact) mass is 391 g/mol. The summed E-state index contributed by atoms with van der Waals surface area (Å²) in [6.07, 6.45) is 3.37. The van der Waals surface area contributed by atoms with Crippen LogP contribution in [0, 0.1) is 0 Å². The van der Waals surface area contributed by atoms with Crippen molar-refractivity contribution in [2.75, 3.05) is 23.3 Å². The van der Waals surface area contributed by atoms with Crippen LogP contribution < -0.4 is 16.0 Å². The molecule has 0 atom stereocenters. The average Bonchev–Trinajstić information content (AvgIpc) is 2.64. The van der Waals surface area contributed by atoms with Gasteiger partial charge in [0.1, 0.15) is 0 Å². The number of rotatable bonds is 4. The molecule has 3 N–H and O–H groups in total. The van der Waals surface area contributed by atoms with Crippen LogP contribution in [-0.2, 0) is 0 Å². The number of amides is 2. The lowest BCUT2D eigenvalue weighted by Crippen LogP contribution is -2.30. The standard InChI is InChI=1S/C19H19Cl2N3O2/c20-13-5-6-15(21)14(11-13)19(26)23-16-10-12(18(22)25)4-7-17(16)24-8-2-1-3-9-24/h4-7,10-11H,1-3,8-9H2,(H2,22,25)(H,23,26). The van der Waals surface area contributed by atoms with E-state index in [9.17, 15) is 9.59 Å². The van der Waals surface area contributed by atoms with Crippen LogP contribution in [0.3, 0.4) is 0 Å². The molecule has 1 aliphatic rings. The molecular formula is C19H19Cl2N3O2. The number of hydrogen-bond acceptors (Lipinski definition) is 3. The van der Waals surface area contributed by atoms with Crippen molar-refractivity contribution in [2.45, 2.75) is 19.3 Å². The van der Waals surface area contributed by atoms with Crippen molar-refractivity contribution >= 4 is 46.4 Å². The lowest BCUT2D eigenvalue weighted by Gasteiger charge is -2.30. The van der Waals surface area contributed by atoms with E-state index >= 15 is 0 Å². The summed E-state index contributed by atoms with van der Waals surface area (Å²) in [6, 6.07) is 9.80. The van der Waals surface area contributed by atoms with E-state index in [0.717, 1.165) is 31.6 Å². The maximum atomic E-state index is 12.7. The van der Waals surface area contributed by atoms with E-state index in [1.807, 2.05) is 6.07 Å². The van der Waals surface area contributed by atoms with Crippen LogP contribution in [0.5, 0.6) is 0 Å². The molecule has 1 aliphatic heterocycles. The van der Waals surface area contributed by atoms with Gasteiger partial charge in [0.2, 0.25) is 5.91 Å². The first-order valence-corrected chi connectivity index (χ1v) is 9.16. The lowest BCUT2D eigenvalue weighted by molar-refractivity contribution is 0.0996. The van der Waals surface area contributed by atoms with Crippen molar-refractivity contribution < 1.29 is 9.59 Å². The van der Waals surface area contributed by atoms with Gasteiger partial charge in [-0.05, 0) is 55.7 Å². The first-order valence-electron chi connectivity index (χ1n) is 8.41. The number of nitrogens with zero attached hydrogens (tertiary/aromatic N) is 1. The van der Waals surface area contributed by atoms with Gasteiger partial charge in [-0.25, -0.2) is 0 Å². The summed E-state index contributed by atoms with van der Waals surface area (Å²) in [7, 11) is 0. The summed E-state index contributed by atoms with van der Waals surface area (Å²) in [5, 5.41) is 3.58. The van der Waals surface area contributed by atoms with Gasteiger partial charge in [0, 0.05) is 23.7 Å². The quantitative estimate of drug-likeness (QED) is 0.813. The maximum Gasteiger partial charge on any atom is 0.257 e. The van der Waals surface area contributed by atoms with Gasteiger partial charge in [0.25, 0.3) is 5.91 Å². The van der Waals surface area contributed by atoms with Crippen LogP contribution in [0.2, 0.25) is 10.0 Å². The third-order valence-electron chi connectivity index (χ3n) is 4.40. The lowest BCUT2D eigenvalue weighted by atomic mass is 10.1. The molecule has 136 valence electrons. The highest BCUT2D eigenvalue weighted by atomic mass is 35.5. The second-order valence-corrected chi connectivity index (χ2v) is 7.07. The Kier molecular flexibility index (Phi) is 5.69. The SMILES string of the molecule is NC(=O)c1ccc(N2CCCCC2)c(NC(=O)c2cc(Cl)ccc2Cl)c1. The summed E-state index contributed by atoms with van der Waals surface area (Å²) >= 11 is 12.1. The molecule has 2 aromatic rings. The summed E-state index contributed by atoms with van der Waals surface area (Å²) in [5.41, 5.74) is 7.39. The van der Waals surface area contributed by atoms with Crippen LogP contribution in [-0.4, -0.2) is 24.9 Å². The van der Waals surface area contributed by atoms with Gasteiger partial charge in [-0.3, -0.25) is 9.59 Å². The largest absolute Gasteiger partial charge is 0.370 e. The second-order valence-electron chi connectivity index (χ2n) is 6.22. The van der Waals surface area contributed by atoms with Gasteiger partial charge in [-0.15, -0.1) is 0 Å². The van der Waals surface area contributed by atoms with Crippen molar-refractivity contribution in [3.8, 4) is 0 Å². The third kappa shape index (κ3) is 4.11. The van der Waals surface area contributed by atoms with E-state index < -0.39 is 11.8 Å². The van der Waals surface area contributed by atoms with Gasteiger partial charge >= 0.3 is 0 Å². The van der Waals surface area contributed by atoms with Crippen molar-refractivity contribution in [3.63, 3.8) is 0 Å². The Balaban J connectivity index is 1.95. The Labute approximate surface area is 162 Å². The normalized spacial score (nSPS) is 14.2. The van der Waals surface area contributed by atoms with Crippen LogP contribution in [0.4, 0.5) is 11.4 Å². The fourth-order valence-electron chi connectivity index (χ4n) is 3.06. The van der Waals surface area contributed by atoms with Gasteiger partial charge in [-0.1, -0.05) is 23.2 Å². The zero-order valence-electron chi connectivity index (χ0n) is 14.1. The number of benzene rings is 2. The smallest absolute Gasteiger partial charge is 0.257 e. The number of halogens is 2. The van der Waals surface area contributed by atoms with E-state index in [1.54, 1.807) is 24.3 Å². The van der Waals surface area contributed by atoms with E-state index in [4.69, 9.17) is 28.9 Å². The van der Waals surface area contributed by atoms with E-state index in [0.29, 0.717) is 21.3 Å². The van der Waals surface area contributed by atoms with Crippen molar-refractivity contribution in [1.82, 2.24) is 0 Å². The highest BCUT2D eigenvalue weighted by Crippen LogP contribution is 2.31. The van der Waals surface area contributed by atoms with E-state index in [-0.39, 0.29) is 5.56 Å². The van der Waals surface area contributed by atoms with Crippen LogP contribution in [0.1, 0.15) is 40.0 Å². The molecule has 3 rings (SSSR count). The van der Waals surface area contributed by atoms with Crippen molar-refractivity contribution in [1.29, 1.82) is 0 Å². The fourth-order valence-corrected chi connectivity index (χ4v) is 3.44. The Morgan fingerprint density at radius 3 is 2.42 bits per heavy atom. The predicted molar refractivity (Wildman–Crippen MR) is 105 cm³/mol. The summed E-state index contributed by atoms with van der Waals surface area (Å²) in [5.74, 6) is -0.941. The highest BCUT2D eigenvalue weighted by Gasteiger charge is 2.19. The van der Waals surface area contributed by atoms with Crippen molar-refractivity contribution in [2.24, 2.45) is 5.73 Å². The predicted octanol–water partition coefficient (Wildman–Crippen LogP) is 4.33. The number of hydrogen-bond donors (Lipinski definition) is 2. The molecule has 2 aromatic carbocycles. The number of primary amides is 1. The minimum Gasteiger partial charge on any atom is -0.370 e. The van der Waals surface area contributed by atoms with Crippen LogP contribution in [0.15, 0.2) is 36.4 Å². The number of piperidine rings is 1. The molecule has 7 heteroatoms. The molecule has 0 saturated carbocycles. The molecule has 1 saturated heterocycles. The Bertz CT molecular complexity index is 849. The molecule has 0 bridgehead atoms. The van der Waals surface area contributed by atoms with E-state index in [1.165, 1.54) is 12.5 Å². The molecule has 1 fully saturated rings. The Morgan fingerprint density at radius 2 is 1.73 bits per heavy atom. The molecule has 5 nitrogen and oxygen atoms in total. The number of carbonyl (C=O) groups excluding carboxylic acids is 2. The van der Waals surface area contributed by atoms with Crippen molar-refractivity contribution in [3.05, 3.63) is 57.6 Å². The van der Waals surface area contributed by atoms with Gasteiger partial charge in [-0.2, -0.15) is 0 Å². The summed E-state index contributed by atoms with van der Waals surface area (Å²) in [4.78, 5) is 26.5. The minimum atomic E-state index is -0.550. The molecular weight excluding hydrogens is 373 g/mol. The number of nitrogens with two attached hydrogens (primary N) is 1. The first-order chi connectivity index (χ1) is 12.5. The maximum absolute atomic E-state index is 12.7. The third-order valence-corrected chi connectivity index (χ3v) is 4.96. The average molecular weight is 392 g/mol. The Hall–Kier alpha value is -2.24. The van der Waals surface area contributed by atoms with Gasteiger partial charge in [0.15, 0.2) is 0 Å². The zero-order chi connectivity index (χ0) is 18.7. The van der Waals surface area contributed by atoms with E-state index in [2.05, 4.69) is 10.2 Å².